The van der Waals surface area contributed by atoms with E-state index in [1.54, 1.807) is 11.3 Å². The molecule has 2 N–H and O–H groups in total. The van der Waals surface area contributed by atoms with Crippen LogP contribution in [0.5, 0.6) is 0 Å². The standard InChI is InChI=1S/C15H15N3S/c1-18(2)12-4-3-10-7-13(11-5-6-19-9-11)15(16)17-14(10)8-12/h3-9H,1-2H3,(H2,16,17). The summed E-state index contributed by atoms with van der Waals surface area (Å²) in [4.78, 5) is 6.59. The zero-order valence-electron chi connectivity index (χ0n) is 10.9. The normalized spacial score (nSPS) is 10.8. The lowest BCUT2D eigenvalue weighted by Crippen LogP contribution is -2.08. The molecule has 4 heteroatoms. The Labute approximate surface area is 116 Å². The van der Waals surface area contributed by atoms with Gasteiger partial charge in [-0.3, -0.25) is 0 Å². The molecular formula is C15H15N3S. The van der Waals surface area contributed by atoms with Gasteiger partial charge >= 0.3 is 0 Å². The smallest absolute Gasteiger partial charge is 0.132 e. The monoisotopic (exact) mass is 269 g/mol. The average molecular weight is 269 g/mol. The predicted molar refractivity (Wildman–Crippen MR) is 83.8 cm³/mol. The summed E-state index contributed by atoms with van der Waals surface area (Å²) in [6.45, 7) is 0. The van der Waals surface area contributed by atoms with Crippen molar-refractivity contribution in [2.75, 3.05) is 24.7 Å². The minimum Gasteiger partial charge on any atom is -0.383 e. The first-order valence-electron chi connectivity index (χ1n) is 6.05. The first-order valence-corrected chi connectivity index (χ1v) is 6.99. The van der Waals surface area contributed by atoms with Crippen molar-refractivity contribution >= 4 is 33.7 Å². The quantitative estimate of drug-likeness (QED) is 0.772. The minimum absolute atomic E-state index is 0.585. The van der Waals surface area contributed by atoms with Gasteiger partial charge in [-0.1, -0.05) is 6.07 Å². The third kappa shape index (κ3) is 2.15. The summed E-state index contributed by atoms with van der Waals surface area (Å²) in [7, 11) is 4.04. The van der Waals surface area contributed by atoms with Crippen molar-refractivity contribution < 1.29 is 0 Å². The lowest BCUT2D eigenvalue weighted by atomic mass is 10.1. The Balaban J connectivity index is 2.19. The number of fused-ring (bicyclic) bond motifs is 1. The maximum Gasteiger partial charge on any atom is 0.132 e. The number of aromatic nitrogens is 1. The molecule has 3 aromatic rings. The summed E-state index contributed by atoms with van der Waals surface area (Å²) in [5.74, 6) is 0.585. The number of nitrogens with zero attached hydrogens (tertiary/aromatic N) is 2. The molecule has 3 rings (SSSR count). The fraction of sp³-hybridized carbons (Fsp3) is 0.133. The molecule has 2 heterocycles. The van der Waals surface area contributed by atoms with Crippen LogP contribution in [0.4, 0.5) is 11.5 Å². The molecule has 96 valence electrons. The van der Waals surface area contributed by atoms with Crippen LogP contribution >= 0.6 is 11.3 Å². The molecule has 0 aliphatic heterocycles. The van der Waals surface area contributed by atoms with Crippen LogP contribution < -0.4 is 10.6 Å². The van der Waals surface area contributed by atoms with Crippen molar-refractivity contribution in [1.82, 2.24) is 4.98 Å². The molecule has 19 heavy (non-hydrogen) atoms. The van der Waals surface area contributed by atoms with Gasteiger partial charge < -0.3 is 10.6 Å². The summed E-state index contributed by atoms with van der Waals surface area (Å²) in [5.41, 5.74) is 10.3. The summed E-state index contributed by atoms with van der Waals surface area (Å²) < 4.78 is 0. The summed E-state index contributed by atoms with van der Waals surface area (Å²) in [6, 6.07) is 10.4. The van der Waals surface area contributed by atoms with E-state index in [4.69, 9.17) is 5.73 Å². The van der Waals surface area contributed by atoms with E-state index >= 15 is 0 Å². The fourth-order valence-corrected chi connectivity index (χ4v) is 2.75. The highest BCUT2D eigenvalue weighted by Crippen LogP contribution is 2.30. The zero-order chi connectivity index (χ0) is 13.4. The van der Waals surface area contributed by atoms with Gasteiger partial charge in [-0.15, -0.1) is 0 Å². The highest BCUT2D eigenvalue weighted by molar-refractivity contribution is 7.08. The Morgan fingerprint density at radius 1 is 1.16 bits per heavy atom. The number of rotatable bonds is 2. The third-order valence-corrected chi connectivity index (χ3v) is 3.86. The molecule has 0 spiro atoms. The second-order valence-corrected chi connectivity index (χ2v) is 5.48. The topological polar surface area (TPSA) is 42.1 Å². The van der Waals surface area contributed by atoms with Crippen LogP contribution in [0.2, 0.25) is 0 Å². The molecule has 0 amide bonds. The van der Waals surface area contributed by atoms with Crippen LogP contribution in [-0.4, -0.2) is 19.1 Å². The number of nitrogens with two attached hydrogens (primary N) is 1. The summed E-state index contributed by atoms with van der Waals surface area (Å²) in [5, 5.41) is 5.25. The van der Waals surface area contributed by atoms with E-state index in [2.05, 4.69) is 45.6 Å². The number of benzene rings is 1. The Kier molecular flexibility index (Phi) is 2.87. The number of pyridine rings is 1. The highest BCUT2D eigenvalue weighted by Gasteiger charge is 2.08. The van der Waals surface area contributed by atoms with Gasteiger partial charge in [0.1, 0.15) is 5.82 Å². The van der Waals surface area contributed by atoms with E-state index in [-0.39, 0.29) is 0 Å². The van der Waals surface area contributed by atoms with Gasteiger partial charge in [-0.25, -0.2) is 4.98 Å². The molecule has 0 unspecified atom stereocenters. The van der Waals surface area contributed by atoms with E-state index in [0.717, 1.165) is 27.7 Å². The summed E-state index contributed by atoms with van der Waals surface area (Å²) in [6.07, 6.45) is 0. The molecule has 0 atom stereocenters. The fourth-order valence-electron chi connectivity index (χ4n) is 2.10. The Morgan fingerprint density at radius 3 is 2.68 bits per heavy atom. The predicted octanol–water partition coefficient (Wildman–Crippen LogP) is 3.61. The Bertz CT molecular complexity index is 718. The molecule has 3 nitrogen and oxygen atoms in total. The Morgan fingerprint density at radius 2 is 2.00 bits per heavy atom. The van der Waals surface area contributed by atoms with E-state index in [0.29, 0.717) is 5.82 Å². The molecule has 0 radical (unpaired) electrons. The SMILES string of the molecule is CN(C)c1ccc2cc(-c3ccsc3)c(N)nc2c1. The van der Waals surface area contributed by atoms with Crippen molar-refractivity contribution in [2.45, 2.75) is 0 Å². The number of hydrogen-bond donors (Lipinski definition) is 1. The van der Waals surface area contributed by atoms with Gasteiger partial charge in [-0.05, 0) is 40.6 Å². The molecule has 0 bridgehead atoms. The van der Waals surface area contributed by atoms with Crippen LogP contribution in [0.3, 0.4) is 0 Å². The van der Waals surface area contributed by atoms with Crippen LogP contribution in [0.15, 0.2) is 41.1 Å². The molecule has 0 aliphatic rings. The number of anilines is 2. The van der Waals surface area contributed by atoms with Gasteiger partial charge in [-0.2, -0.15) is 11.3 Å². The van der Waals surface area contributed by atoms with Crippen molar-refractivity contribution in [1.29, 1.82) is 0 Å². The van der Waals surface area contributed by atoms with Crippen molar-refractivity contribution in [3.05, 3.63) is 41.1 Å². The molecule has 0 saturated carbocycles. The van der Waals surface area contributed by atoms with Gasteiger partial charge in [0.05, 0.1) is 5.52 Å². The second kappa shape index (κ2) is 4.55. The Hall–Kier alpha value is -2.07. The van der Waals surface area contributed by atoms with Gasteiger partial charge in [0.25, 0.3) is 0 Å². The van der Waals surface area contributed by atoms with Crippen LogP contribution in [0.1, 0.15) is 0 Å². The molecular weight excluding hydrogens is 254 g/mol. The van der Waals surface area contributed by atoms with Crippen molar-refractivity contribution in [3.63, 3.8) is 0 Å². The number of thiophene rings is 1. The van der Waals surface area contributed by atoms with Gasteiger partial charge in [0, 0.05) is 30.7 Å². The van der Waals surface area contributed by atoms with Gasteiger partial charge in [0.15, 0.2) is 0 Å². The largest absolute Gasteiger partial charge is 0.383 e. The van der Waals surface area contributed by atoms with Crippen LogP contribution in [-0.2, 0) is 0 Å². The summed E-state index contributed by atoms with van der Waals surface area (Å²) >= 11 is 1.66. The average Bonchev–Trinajstić information content (AvgIpc) is 2.90. The third-order valence-electron chi connectivity index (χ3n) is 3.18. The molecule has 0 aliphatic carbocycles. The van der Waals surface area contributed by atoms with E-state index in [1.165, 1.54) is 0 Å². The van der Waals surface area contributed by atoms with E-state index < -0.39 is 0 Å². The van der Waals surface area contributed by atoms with Gasteiger partial charge in [0.2, 0.25) is 0 Å². The lowest BCUT2D eigenvalue weighted by molar-refractivity contribution is 1.13. The van der Waals surface area contributed by atoms with Crippen LogP contribution in [0, 0.1) is 0 Å². The molecule has 1 aromatic carbocycles. The molecule has 0 fully saturated rings. The van der Waals surface area contributed by atoms with Crippen molar-refractivity contribution in [2.24, 2.45) is 0 Å². The van der Waals surface area contributed by atoms with E-state index in [9.17, 15) is 0 Å². The van der Waals surface area contributed by atoms with Crippen molar-refractivity contribution in [3.8, 4) is 11.1 Å². The first kappa shape index (κ1) is 12.0. The molecule has 0 saturated heterocycles. The maximum absolute atomic E-state index is 6.08. The highest BCUT2D eigenvalue weighted by atomic mass is 32.1. The van der Waals surface area contributed by atoms with E-state index in [1.807, 2.05) is 19.5 Å². The maximum atomic E-state index is 6.08. The first-order chi connectivity index (χ1) is 9.15. The number of hydrogen-bond acceptors (Lipinski definition) is 4. The molecule has 2 aromatic heterocycles. The zero-order valence-corrected chi connectivity index (χ0v) is 11.7. The lowest BCUT2D eigenvalue weighted by Gasteiger charge is -2.13. The second-order valence-electron chi connectivity index (χ2n) is 4.70. The van der Waals surface area contributed by atoms with Crippen LogP contribution in [0.25, 0.3) is 22.0 Å². The number of nitrogen functional groups attached to an aromatic ring is 1. The minimum atomic E-state index is 0.585.